The minimum absolute atomic E-state index is 0. The molecule has 1 amide bonds. The minimum Gasteiger partial charge on any atom is -0.380 e. The number of carbonyl (C=O) groups is 1. The number of halogens is 1. The summed E-state index contributed by atoms with van der Waals surface area (Å²) in [5.41, 5.74) is 1.82. The van der Waals surface area contributed by atoms with Crippen LogP contribution in [-0.2, 0) is 11.3 Å². The van der Waals surface area contributed by atoms with E-state index in [2.05, 4.69) is 5.32 Å². The topological polar surface area (TPSA) is 41.6 Å². The predicted octanol–water partition coefficient (Wildman–Crippen LogP) is 2.22. The van der Waals surface area contributed by atoms with Crippen LogP contribution in [0, 0.1) is 0 Å². The van der Waals surface area contributed by atoms with Crippen LogP contribution in [0.3, 0.4) is 0 Å². The number of rotatable bonds is 3. The van der Waals surface area contributed by atoms with Gasteiger partial charge in [0.15, 0.2) is 0 Å². The van der Waals surface area contributed by atoms with Gasteiger partial charge in [0.1, 0.15) is 0 Å². The quantitative estimate of drug-likeness (QED) is 0.931. The van der Waals surface area contributed by atoms with Crippen molar-refractivity contribution in [2.45, 2.75) is 38.0 Å². The second kappa shape index (κ2) is 7.25. The lowest BCUT2D eigenvalue weighted by Crippen LogP contribution is -2.39. The number of likely N-dealkylation sites (tertiary alicyclic amines) is 1. The lowest BCUT2D eigenvalue weighted by Gasteiger charge is -2.24. The maximum absolute atomic E-state index is 12.6. The Balaban J connectivity index is 0.00000161. The predicted molar refractivity (Wildman–Crippen MR) is 84.9 cm³/mol. The Bertz CT molecular complexity index is 495. The molecule has 2 saturated heterocycles. The molecule has 2 heterocycles. The van der Waals surface area contributed by atoms with Crippen molar-refractivity contribution in [1.82, 2.24) is 10.2 Å². The average molecular weight is 311 g/mol. The van der Waals surface area contributed by atoms with Gasteiger partial charge in [-0.3, -0.25) is 4.79 Å². The highest BCUT2D eigenvalue weighted by atomic mass is 35.5. The molecule has 21 heavy (non-hydrogen) atoms. The molecule has 0 spiro atoms. The van der Waals surface area contributed by atoms with Crippen molar-refractivity contribution in [3.05, 3.63) is 35.4 Å². The molecule has 0 saturated carbocycles. The first kappa shape index (κ1) is 16.3. The van der Waals surface area contributed by atoms with E-state index >= 15 is 0 Å². The Morgan fingerprint density at radius 1 is 1.33 bits per heavy atom. The Morgan fingerprint density at radius 3 is 2.95 bits per heavy atom. The highest BCUT2D eigenvalue weighted by Crippen LogP contribution is 2.21. The first-order valence-electron chi connectivity index (χ1n) is 7.39. The highest BCUT2D eigenvalue weighted by molar-refractivity contribution is 5.94. The SMILES string of the molecule is COCc1cccc(C(=O)N2CCC3CCC(C2)N3)c1.Cl. The van der Waals surface area contributed by atoms with E-state index in [9.17, 15) is 4.79 Å². The fraction of sp³-hybridized carbons (Fsp3) is 0.562. The molecule has 0 aromatic heterocycles. The summed E-state index contributed by atoms with van der Waals surface area (Å²) in [5, 5.41) is 3.61. The van der Waals surface area contributed by atoms with Gasteiger partial charge < -0.3 is 15.0 Å². The van der Waals surface area contributed by atoms with Gasteiger partial charge in [0, 0.05) is 37.8 Å². The third kappa shape index (κ3) is 3.76. The van der Waals surface area contributed by atoms with Crippen LogP contribution in [-0.4, -0.2) is 43.1 Å². The standard InChI is InChI=1S/C16H22N2O2.ClH/c1-20-11-12-3-2-4-13(9-12)16(19)18-8-7-14-5-6-15(10-18)17-14;/h2-4,9,14-15,17H,5-8,10-11H2,1H3;1H. The number of hydrogen-bond donors (Lipinski definition) is 1. The zero-order valence-electron chi connectivity index (χ0n) is 12.4. The lowest BCUT2D eigenvalue weighted by molar-refractivity contribution is 0.0748. The van der Waals surface area contributed by atoms with Gasteiger partial charge >= 0.3 is 0 Å². The third-order valence-electron chi connectivity index (χ3n) is 4.30. The summed E-state index contributed by atoms with van der Waals surface area (Å²) < 4.78 is 5.13. The maximum atomic E-state index is 12.6. The smallest absolute Gasteiger partial charge is 0.253 e. The minimum atomic E-state index is 0. The summed E-state index contributed by atoms with van der Waals surface area (Å²) in [7, 11) is 1.67. The van der Waals surface area contributed by atoms with Gasteiger partial charge in [-0.15, -0.1) is 12.4 Å². The summed E-state index contributed by atoms with van der Waals surface area (Å²) in [6.45, 7) is 2.25. The summed E-state index contributed by atoms with van der Waals surface area (Å²) in [6.07, 6.45) is 3.52. The molecule has 116 valence electrons. The lowest BCUT2D eigenvalue weighted by atomic mass is 10.1. The van der Waals surface area contributed by atoms with E-state index in [-0.39, 0.29) is 18.3 Å². The van der Waals surface area contributed by atoms with Crippen LogP contribution in [0.2, 0.25) is 0 Å². The fourth-order valence-corrected chi connectivity index (χ4v) is 3.27. The molecule has 3 rings (SSSR count). The number of methoxy groups -OCH3 is 1. The number of nitrogens with one attached hydrogen (secondary N) is 1. The molecule has 2 aliphatic heterocycles. The van der Waals surface area contributed by atoms with Gasteiger partial charge in [-0.1, -0.05) is 12.1 Å². The Labute approximate surface area is 132 Å². The van der Waals surface area contributed by atoms with Gasteiger partial charge in [-0.25, -0.2) is 0 Å². The van der Waals surface area contributed by atoms with Gasteiger partial charge in [0.05, 0.1) is 6.61 Å². The molecule has 0 aliphatic carbocycles. The molecule has 1 aromatic carbocycles. The van der Waals surface area contributed by atoms with E-state index in [0.29, 0.717) is 18.7 Å². The second-order valence-corrected chi connectivity index (χ2v) is 5.81. The Kier molecular flexibility index (Phi) is 5.62. The van der Waals surface area contributed by atoms with Crippen LogP contribution in [0.1, 0.15) is 35.2 Å². The summed E-state index contributed by atoms with van der Waals surface area (Å²) in [4.78, 5) is 14.6. The number of carbonyl (C=O) groups excluding carboxylic acids is 1. The van der Waals surface area contributed by atoms with Crippen molar-refractivity contribution < 1.29 is 9.53 Å². The first-order chi connectivity index (χ1) is 9.76. The molecule has 2 unspecified atom stereocenters. The van der Waals surface area contributed by atoms with Gasteiger partial charge in [-0.05, 0) is 37.0 Å². The maximum Gasteiger partial charge on any atom is 0.253 e. The molecular weight excluding hydrogens is 288 g/mol. The molecular formula is C16H23ClN2O2. The van der Waals surface area contributed by atoms with Crippen molar-refractivity contribution in [3.8, 4) is 0 Å². The van der Waals surface area contributed by atoms with Crippen molar-refractivity contribution in [1.29, 1.82) is 0 Å². The largest absolute Gasteiger partial charge is 0.380 e. The van der Waals surface area contributed by atoms with Crippen LogP contribution in [0.5, 0.6) is 0 Å². The zero-order valence-corrected chi connectivity index (χ0v) is 13.2. The molecule has 2 bridgehead atoms. The van der Waals surface area contributed by atoms with Crippen LogP contribution < -0.4 is 5.32 Å². The molecule has 5 heteroatoms. The number of ether oxygens (including phenoxy) is 1. The van der Waals surface area contributed by atoms with Gasteiger partial charge in [0.2, 0.25) is 0 Å². The first-order valence-corrected chi connectivity index (χ1v) is 7.39. The van der Waals surface area contributed by atoms with Crippen LogP contribution in [0.25, 0.3) is 0 Å². The van der Waals surface area contributed by atoms with Crippen LogP contribution >= 0.6 is 12.4 Å². The summed E-state index contributed by atoms with van der Waals surface area (Å²) in [5.74, 6) is 0.150. The van der Waals surface area contributed by atoms with E-state index in [1.807, 2.05) is 29.2 Å². The van der Waals surface area contributed by atoms with Crippen molar-refractivity contribution in [2.24, 2.45) is 0 Å². The average Bonchev–Trinajstić information content (AvgIpc) is 2.78. The molecule has 2 aliphatic rings. The van der Waals surface area contributed by atoms with Crippen molar-refractivity contribution >= 4 is 18.3 Å². The van der Waals surface area contributed by atoms with Gasteiger partial charge in [0.25, 0.3) is 5.91 Å². The van der Waals surface area contributed by atoms with Gasteiger partial charge in [-0.2, -0.15) is 0 Å². The number of hydrogen-bond acceptors (Lipinski definition) is 3. The second-order valence-electron chi connectivity index (χ2n) is 5.81. The molecule has 1 aromatic rings. The van der Waals surface area contributed by atoms with Crippen LogP contribution in [0.15, 0.2) is 24.3 Å². The normalized spacial score (nSPS) is 24.3. The molecule has 0 radical (unpaired) electrons. The van der Waals surface area contributed by atoms with E-state index in [1.165, 1.54) is 12.8 Å². The third-order valence-corrected chi connectivity index (χ3v) is 4.30. The molecule has 2 fully saturated rings. The Morgan fingerprint density at radius 2 is 2.14 bits per heavy atom. The molecule has 4 nitrogen and oxygen atoms in total. The van der Waals surface area contributed by atoms with E-state index in [1.54, 1.807) is 7.11 Å². The zero-order chi connectivity index (χ0) is 13.9. The highest BCUT2D eigenvalue weighted by Gasteiger charge is 2.31. The van der Waals surface area contributed by atoms with Crippen molar-refractivity contribution in [2.75, 3.05) is 20.2 Å². The van der Waals surface area contributed by atoms with E-state index in [0.717, 1.165) is 30.6 Å². The number of benzene rings is 1. The molecule has 1 N–H and O–H groups in total. The van der Waals surface area contributed by atoms with Crippen molar-refractivity contribution in [3.63, 3.8) is 0 Å². The summed E-state index contributed by atoms with van der Waals surface area (Å²) >= 11 is 0. The number of amides is 1. The summed E-state index contributed by atoms with van der Waals surface area (Å²) in [6, 6.07) is 8.86. The fourth-order valence-electron chi connectivity index (χ4n) is 3.27. The number of nitrogens with zero attached hydrogens (tertiary/aromatic N) is 1. The van der Waals surface area contributed by atoms with Crippen LogP contribution in [0.4, 0.5) is 0 Å². The molecule has 2 atom stereocenters. The monoisotopic (exact) mass is 310 g/mol. The van der Waals surface area contributed by atoms with E-state index in [4.69, 9.17) is 4.74 Å². The van der Waals surface area contributed by atoms with E-state index < -0.39 is 0 Å². The number of fused-ring (bicyclic) bond motifs is 2. The Hall–Kier alpha value is -1.10.